The topological polar surface area (TPSA) is 134 Å². The number of nitrogens with two attached hydrogens (primary N) is 1. The number of carbonyl (C=O) groups excluding carboxylic acids is 2. The van der Waals surface area contributed by atoms with Gasteiger partial charge in [0, 0.05) is 19.4 Å². The first-order chi connectivity index (χ1) is 12.8. The number of unbranched alkanes of at least 4 members (excludes halogenated alkanes) is 4. The molecule has 0 aromatic heterocycles. The molecule has 10 heteroatoms. The molecule has 0 aromatic rings. The molecular weight excluding hydrogens is 377 g/mol. The minimum Gasteiger partial charge on any atom is -0.462 e. The lowest BCUT2D eigenvalue weighted by molar-refractivity contribution is -0.161. The summed E-state index contributed by atoms with van der Waals surface area (Å²) in [6, 6.07) is 0. The summed E-state index contributed by atoms with van der Waals surface area (Å²) >= 11 is 0. The van der Waals surface area contributed by atoms with Gasteiger partial charge in [-0.3, -0.25) is 18.6 Å². The van der Waals surface area contributed by atoms with E-state index in [-0.39, 0.29) is 32.6 Å². The molecule has 3 N–H and O–H groups in total. The van der Waals surface area contributed by atoms with E-state index in [4.69, 9.17) is 19.7 Å². The Morgan fingerprint density at radius 3 is 2.48 bits per heavy atom. The van der Waals surface area contributed by atoms with Gasteiger partial charge in [-0.2, -0.15) is 12.8 Å². The molecule has 0 heterocycles. The minimum atomic E-state index is -4.33. The number of phosphoric ester groups is 1. The Labute approximate surface area is 161 Å². The standard InChI is InChI=1S/C17H31NO8P/c1-3-5-7-9-16(19)23-13-15(26-17(20)10-8-6-4-2)14-25-27(21,22)24-12-11-18/h5,15H,1-4,6-14,18H2,(H,21,22)/q-3/t15-/m0/s1. The minimum absolute atomic E-state index is 0.0422. The first-order valence-electron chi connectivity index (χ1n) is 8.91. The third kappa shape index (κ3) is 15.7. The zero-order valence-electron chi connectivity index (χ0n) is 15.7. The van der Waals surface area contributed by atoms with Crippen molar-refractivity contribution in [2.75, 3.05) is 26.4 Å². The lowest BCUT2D eigenvalue weighted by Crippen LogP contribution is -2.29. The van der Waals surface area contributed by atoms with E-state index in [2.05, 4.69) is 18.4 Å². The molecule has 0 radical (unpaired) electrons. The van der Waals surface area contributed by atoms with Crippen molar-refractivity contribution in [1.29, 1.82) is 0 Å². The summed E-state index contributed by atoms with van der Waals surface area (Å²) < 4.78 is 31.3. The summed E-state index contributed by atoms with van der Waals surface area (Å²) in [6.45, 7) is 6.44. The molecule has 27 heavy (non-hydrogen) atoms. The van der Waals surface area contributed by atoms with Crippen molar-refractivity contribution in [1.82, 2.24) is 0 Å². The van der Waals surface area contributed by atoms with E-state index in [0.717, 1.165) is 6.42 Å². The monoisotopic (exact) mass is 408 g/mol. The maximum absolute atomic E-state index is 11.9. The number of hydrogen-bond acceptors (Lipinski definition) is 8. The van der Waals surface area contributed by atoms with Gasteiger partial charge in [0.1, 0.15) is 6.61 Å². The fourth-order valence-electron chi connectivity index (χ4n) is 1.81. The van der Waals surface area contributed by atoms with Crippen molar-refractivity contribution >= 4 is 19.8 Å². The number of phosphoric acid groups is 1. The Balaban J connectivity index is 4.53. The normalized spacial score (nSPS) is 14.4. The molecule has 0 saturated heterocycles. The van der Waals surface area contributed by atoms with E-state index < -0.39 is 32.5 Å². The third-order valence-corrected chi connectivity index (χ3v) is 4.15. The molecule has 0 bridgehead atoms. The molecular formula is C17H31NO8P-3. The van der Waals surface area contributed by atoms with Crippen LogP contribution in [0.25, 0.3) is 0 Å². The molecule has 0 fully saturated rings. The van der Waals surface area contributed by atoms with E-state index in [1.807, 2.05) is 6.42 Å². The van der Waals surface area contributed by atoms with Crippen LogP contribution in [0.1, 0.15) is 44.9 Å². The van der Waals surface area contributed by atoms with Gasteiger partial charge in [-0.05, 0) is 6.42 Å². The van der Waals surface area contributed by atoms with Gasteiger partial charge in [0.25, 0.3) is 0 Å². The number of esters is 2. The van der Waals surface area contributed by atoms with Crippen molar-refractivity contribution in [3.63, 3.8) is 0 Å². The average Bonchev–Trinajstić information content (AvgIpc) is 2.63. The number of hydrogen-bond donors (Lipinski definition) is 2. The van der Waals surface area contributed by atoms with Gasteiger partial charge >= 0.3 is 19.8 Å². The Bertz CT molecular complexity index is 460. The van der Waals surface area contributed by atoms with Crippen molar-refractivity contribution in [2.24, 2.45) is 5.73 Å². The van der Waals surface area contributed by atoms with E-state index in [0.29, 0.717) is 25.7 Å². The first-order valence-corrected chi connectivity index (χ1v) is 10.4. The van der Waals surface area contributed by atoms with Crippen molar-refractivity contribution in [2.45, 2.75) is 51.0 Å². The van der Waals surface area contributed by atoms with Crippen LogP contribution in [0.15, 0.2) is 0 Å². The van der Waals surface area contributed by atoms with Crippen molar-refractivity contribution in [3.05, 3.63) is 20.3 Å². The fraction of sp³-hybridized carbons (Fsp3) is 0.706. The quantitative estimate of drug-likeness (QED) is 0.161. The molecule has 2 atom stereocenters. The summed E-state index contributed by atoms with van der Waals surface area (Å²) in [6.07, 6.45) is 4.34. The van der Waals surface area contributed by atoms with E-state index in [1.54, 1.807) is 0 Å². The molecule has 0 aliphatic carbocycles. The van der Waals surface area contributed by atoms with E-state index >= 15 is 0 Å². The summed E-state index contributed by atoms with van der Waals surface area (Å²) in [4.78, 5) is 33.0. The van der Waals surface area contributed by atoms with Gasteiger partial charge in [-0.1, -0.05) is 6.42 Å². The van der Waals surface area contributed by atoms with E-state index in [9.17, 15) is 19.0 Å². The second-order valence-electron chi connectivity index (χ2n) is 5.61. The first kappa shape index (κ1) is 26.0. The lowest BCUT2D eigenvalue weighted by atomic mass is 10.2. The van der Waals surface area contributed by atoms with Crippen LogP contribution in [0.4, 0.5) is 0 Å². The SMILES string of the molecule is [CH2-]C[CH-]CCC(=O)OC[C@@H](COP(=O)(O)OCCN)OC(=O)CCCC[CH2-]. The molecule has 9 nitrogen and oxygen atoms in total. The summed E-state index contributed by atoms with van der Waals surface area (Å²) in [5.41, 5.74) is 5.20. The van der Waals surface area contributed by atoms with Crippen molar-refractivity contribution < 1.29 is 37.6 Å². The maximum Gasteiger partial charge on any atom is 0.472 e. The highest BCUT2D eigenvalue weighted by molar-refractivity contribution is 7.47. The van der Waals surface area contributed by atoms with Gasteiger partial charge in [0.2, 0.25) is 0 Å². The van der Waals surface area contributed by atoms with Gasteiger partial charge in [0.15, 0.2) is 6.10 Å². The molecule has 0 spiro atoms. The Morgan fingerprint density at radius 2 is 1.85 bits per heavy atom. The van der Waals surface area contributed by atoms with Crippen LogP contribution in [0.3, 0.4) is 0 Å². The molecule has 1 unspecified atom stereocenters. The van der Waals surface area contributed by atoms with E-state index in [1.165, 1.54) is 0 Å². The molecule has 0 aliphatic rings. The Hall–Kier alpha value is -0.990. The highest BCUT2D eigenvalue weighted by atomic mass is 31.2. The highest BCUT2D eigenvalue weighted by Gasteiger charge is 2.25. The molecule has 0 rings (SSSR count). The van der Waals surface area contributed by atoms with Crippen LogP contribution in [-0.4, -0.2) is 49.3 Å². The van der Waals surface area contributed by atoms with Crippen LogP contribution in [0, 0.1) is 20.3 Å². The fourth-order valence-corrected chi connectivity index (χ4v) is 2.58. The van der Waals surface area contributed by atoms with Crippen molar-refractivity contribution in [3.8, 4) is 0 Å². The number of carbonyl (C=O) groups is 2. The average molecular weight is 408 g/mol. The number of ether oxygens (including phenoxy) is 2. The molecule has 160 valence electrons. The second-order valence-corrected chi connectivity index (χ2v) is 7.06. The zero-order valence-corrected chi connectivity index (χ0v) is 16.6. The highest BCUT2D eigenvalue weighted by Crippen LogP contribution is 2.43. The second kappa shape index (κ2) is 16.0. The zero-order chi connectivity index (χ0) is 20.5. The van der Waals surface area contributed by atoms with Crippen LogP contribution in [-0.2, 0) is 32.7 Å². The van der Waals surface area contributed by atoms with Crippen LogP contribution >= 0.6 is 7.82 Å². The number of rotatable bonds is 17. The Kier molecular flexibility index (Phi) is 15.4. The smallest absolute Gasteiger partial charge is 0.462 e. The molecule has 0 amide bonds. The summed E-state index contributed by atoms with van der Waals surface area (Å²) in [5.74, 6) is -1.00. The predicted molar refractivity (Wildman–Crippen MR) is 99.0 cm³/mol. The van der Waals surface area contributed by atoms with Crippen LogP contribution < -0.4 is 5.73 Å². The molecule has 0 aromatic carbocycles. The molecule has 0 saturated carbocycles. The van der Waals surface area contributed by atoms with Crippen LogP contribution in [0.5, 0.6) is 0 Å². The Morgan fingerprint density at radius 1 is 1.11 bits per heavy atom. The third-order valence-electron chi connectivity index (χ3n) is 3.16. The van der Waals surface area contributed by atoms with Crippen LogP contribution in [0.2, 0.25) is 0 Å². The maximum atomic E-state index is 11.9. The molecule has 0 aliphatic heterocycles. The van der Waals surface area contributed by atoms with Gasteiger partial charge in [0.05, 0.1) is 13.2 Å². The van der Waals surface area contributed by atoms with Gasteiger partial charge < -0.3 is 46.8 Å². The predicted octanol–water partition coefficient (Wildman–Crippen LogP) is 2.14. The summed E-state index contributed by atoms with van der Waals surface area (Å²) in [5, 5.41) is 0. The van der Waals surface area contributed by atoms with Gasteiger partial charge in [-0.15, -0.1) is 0 Å². The largest absolute Gasteiger partial charge is 0.472 e. The van der Waals surface area contributed by atoms with Gasteiger partial charge in [-0.25, -0.2) is 4.57 Å². The lowest BCUT2D eigenvalue weighted by Gasteiger charge is -2.20. The summed E-state index contributed by atoms with van der Waals surface area (Å²) in [7, 11) is -4.33.